The molecule has 1 heterocycles. The van der Waals surface area contributed by atoms with Crippen LogP contribution in [-0.4, -0.2) is 22.0 Å². The quantitative estimate of drug-likeness (QED) is 0.766. The molecule has 2 rings (SSSR count). The van der Waals surface area contributed by atoms with Crippen LogP contribution in [0.5, 0.6) is 0 Å². The molecule has 0 saturated heterocycles. The Morgan fingerprint density at radius 2 is 2.27 bits per heavy atom. The Morgan fingerprint density at radius 3 is 2.87 bits per heavy atom. The summed E-state index contributed by atoms with van der Waals surface area (Å²) in [6.45, 7) is 2.30. The number of rotatable bonds is 3. The lowest BCUT2D eigenvalue weighted by Crippen LogP contribution is -2.36. The van der Waals surface area contributed by atoms with Gasteiger partial charge in [0.2, 0.25) is 0 Å². The average Bonchev–Trinajstić information content (AvgIpc) is 3.01. The molecule has 1 saturated carbocycles. The second-order valence-corrected chi connectivity index (χ2v) is 3.75. The van der Waals surface area contributed by atoms with Gasteiger partial charge in [-0.3, -0.25) is 9.97 Å². The fraction of sp³-hybridized carbons (Fsp3) is 0.500. The number of hydrogen-bond acceptors (Lipinski definition) is 3. The Bertz CT molecular complexity index is 345. The normalized spacial score (nSPS) is 14.7. The molecule has 1 aromatic rings. The third-order valence-electron chi connectivity index (χ3n) is 2.18. The van der Waals surface area contributed by atoms with E-state index in [2.05, 4.69) is 20.6 Å². The summed E-state index contributed by atoms with van der Waals surface area (Å²) in [6, 6.07) is 0.258. The Morgan fingerprint density at radius 1 is 1.47 bits per heavy atom. The molecule has 0 spiro atoms. The second-order valence-electron chi connectivity index (χ2n) is 3.75. The molecule has 1 aliphatic carbocycles. The molecular formula is C10H14N4O. The van der Waals surface area contributed by atoms with Crippen LogP contribution >= 0.6 is 0 Å². The van der Waals surface area contributed by atoms with Crippen LogP contribution in [0.3, 0.4) is 0 Å². The molecule has 0 atom stereocenters. The minimum absolute atomic E-state index is 0.125. The third-order valence-corrected chi connectivity index (χ3v) is 2.18. The first-order valence-electron chi connectivity index (χ1n) is 5.06. The van der Waals surface area contributed by atoms with Gasteiger partial charge in [-0.25, -0.2) is 4.79 Å². The average molecular weight is 206 g/mol. The van der Waals surface area contributed by atoms with Crippen LogP contribution in [0.2, 0.25) is 0 Å². The number of nitrogens with one attached hydrogen (secondary N) is 2. The van der Waals surface area contributed by atoms with Crippen LogP contribution in [-0.2, 0) is 6.54 Å². The summed E-state index contributed by atoms with van der Waals surface area (Å²) < 4.78 is 0. The van der Waals surface area contributed by atoms with Crippen LogP contribution in [0.4, 0.5) is 4.79 Å². The minimum atomic E-state index is -0.125. The Hall–Kier alpha value is -1.65. The maximum atomic E-state index is 11.3. The van der Waals surface area contributed by atoms with Gasteiger partial charge in [0.05, 0.1) is 24.1 Å². The molecule has 1 aliphatic rings. The van der Waals surface area contributed by atoms with Crippen molar-refractivity contribution in [3.63, 3.8) is 0 Å². The van der Waals surface area contributed by atoms with Crippen molar-refractivity contribution in [1.29, 1.82) is 0 Å². The molecule has 0 aromatic carbocycles. The van der Waals surface area contributed by atoms with Gasteiger partial charge in [-0.1, -0.05) is 0 Å². The van der Waals surface area contributed by atoms with Gasteiger partial charge in [-0.15, -0.1) is 0 Å². The summed E-state index contributed by atoms with van der Waals surface area (Å²) in [7, 11) is 0. The first-order valence-corrected chi connectivity index (χ1v) is 5.06. The third kappa shape index (κ3) is 3.19. The predicted octanol–water partition coefficient (Wildman–Crippen LogP) is 0.747. The minimum Gasteiger partial charge on any atom is -0.335 e. The standard InChI is InChI=1S/C10H14N4O/c1-7-4-12-9(5-11-7)6-13-10(15)14-8-2-3-8/h4-5,8H,2-3,6H2,1H3,(H2,13,14,15). The highest BCUT2D eigenvalue weighted by molar-refractivity contribution is 5.74. The summed E-state index contributed by atoms with van der Waals surface area (Å²) in [5.41, 5.74) is 1.65. The first-order chi connectivity index (χ1) is 7.24. The molecule has 5 heteroatoms. The number of urea groups is 1. The molecule has 5 nitrogen and oxygen atoms in total. The topological polar surface area (TPSA) is 66.9 Å². The van der Waals surface area contributed by atoms with E-state index in [-0.39, 0.29) is 6.03 Å². The van der Waals surface area contributed by atoms with E-state index >= 15 is 0 Å². The summed E-state index contributed by atoms with van der Waals surface area (Å²) in [5.74, 6) is 0. The summed E-state index contributed by atoms with van der Waals surface area (Å²) >= 11 is 0. The second kappa shape index (κ2) is 4.25. The number of aryl methyl sites for hydroxylation is 1. The highest BCUT2D eigenvalue weighted by Crippen LogP contribution is 2.18. The Labute approximate surface area is 88.3 Å². The number of aromatic nitrogens is 2. The lowest BCUT2D eigenvalue weighted by atomic mass is 10.4. The van der Waals surface area contributed by atoms with Crippen molar-refractivity contribution in [1.82, 2.24) is 20.6 Å². The highest BCUT2D eigenvalue weighted by atomic mass is 16.2. The van der Waals surface area contributed by atoms with E-state index in [1.807, 2.05) is 6.92 Å². The van der Waals surface area contributed by atoms with Gasteiger partial charge in [0.15, 0.2) is 0 Å². The smallest absolute Gasteiger partial charge is 0.315 e. The summed E-state index contributed by atoms with van der Waals surface area (Å²) in [4.78, 5) is 19.5. The Kier molecular flexibility index (Phi) is 2.80. The van der Waals surface area contributed by atoms with E-state index in [4.69, 9.17) is 0 Å². The number of nitrogens with zero attached hydrogens (tertiary/aromatic N) is 2. The molecule has 2 N–H and O–H groups in total. The molecule has 0 radical (unpaired) electrons. The molecule has 0 bridgehead atoms. The monoisotopic (exact) mass is 206 g/mol. The van der Waals surface area contributed by atoms with Crippen molar-refractivity contribution in [2.75, 3.05) is 0 Å². The number of hydrogen-bond donors (Lipinski definition) is 2. The van der Waals surface area contributed by atoms with E-state index < -0.39 is 0 Å². The van der Waals surface area contributed by atoms with Gasteiger partial charge in [0.25, 0.3) is 0 Å². The Balaban J connectivity index is 1.76. The molecular weight excluding hydrogens is 192 g/mol. The molecule has 0 aliphatic heterocycles. The molecule has 1 aromatic heterocycles. The van der Waals surface area contributed by atoms with Crippen LogP contribution in [0.15, 0.2) is 12.4 Å². The maximum Gasteiger partial charge on any atom is 0.315 e. The van der Waals surface area contributed by atoms with E-state index in [9.17, 15) is 4.79 Å². The van der Waals surface area contributed by atoms with Crippen LogP contribution in [0.1, 0.15) is 24.2 Å². The van der Waals surface area contributed by atoms with Crippen LogP contribution < -0.4 is 10.6 Å². The first kappa shape index (κ1) is 9.89. The van der Waals surface area contributed by atoms with Gasteiger partial charge in [-0.05, 0) is 19.8 Å². The largest absolute Gasteiger partial charge is 0.335 e. The number of carbonyl (C=O) groups excluding carboxylic acids is 1. The van der Waals surface area contributed by atoms with Crippen molar-refractivity contribution in [3.05, 3.63) is 23.8 Å². The maximum absolute atomic E-state index is 11.3. The highest BCUT2D eigenvalue weighted by Gasteiger charge is 2.22. The van der Waals surface area contributed by atoms with E-state index in [0.717, 1.165) is 24.2 Å². The fourth-order valence-corrected chi connectivity index (χ4v) is 1.15. The van der Waals surface area contributed by atoms with E-state index in [1.165, 1.54) is 0 Å². The van der Waals surface area contributed by atoms with Gasteiger partial charge < -0.3 is 10.6 Å². The molecule has 0 unspecified atom stereocenters. The zero-order chi connectivity index (χ0) is 10.7. The molecule has 2 amide bonds. The van der Waals surface area contributed by atoms with Crippen molar-refractivity contribution in [3.8, 4) is 0 Å². The number of amides is 2. The van der Waals surface area contributed by atoms with Crippen molar-refractivity contribution in [2.45, 2.75) is 32.4 Å². The molecule has 1 fully saturated rings. The molecule has 15 heavy (non-hydrogen) atoms. The van der Waals surface area contributed by atoms with E-state index in [1.54, 1.807) is 12.4 Å². The predicted molar refractivity (Wildman–Crippen MR) is 55.2 cm³/mol. The van der Waals surface area contributed by atoms with Crippen molar-refractivity contribution < 1.29 is 4.79 Å². The van der Waals surface area contributed by atoms with Crippen LogP contribution in [0, 0.1) is 6.92 Å². The van der Waals surface area contributed by atoms with Gasteiger partial charge >= 0.3 is 6.03 Å². The zero-order valence-corrected chi connectivity index (χ0v) is 8.66. The van der Waals surface area contributed by atoms with Gasteiger partial charge in [0, 0.05) is 12.2 Å². The van der Waals surface area contributed by atoms with Gasteiger partial charge in [0.1, 0.15) is 0 Å². The lowest BCUT2D eigenvalue weighted by molar-refractivity contribution is 0.240. The van der Waals surface area contributed by atoms with Crippen molar-refractivity contribution in [2.24, 2.45) is 0 Å². The number of carbonyl (C=O) groups is 1. The summed E-state index contributed by atoms with van der Waals surface area (Å²) in [6.07, 6.45) is 5.55. The van der Waals surface area contributed by atoms with Crippen LogP contribution in [0.25, 0.3) is 0 Å². The summed E-state index contributed by atoms with van der Waals surface area (Å²) in [5, 5.41) is 5.57. The SMILES string of the molecule is Cc1cnc(CNC(=O)NC2CC2)cn1. The van der Waals surface area contributed by atoms with Crippen molar-refractivity contribution >= 4 is 6.03 Å². The lowest BCUT2D eigenvalue weighted by Gasteiger charge is -2.05. The molecule has 80 valence electrons. The fourth-order valence-electron chi connectivity index (χ4n) is 1.15. The van der Waals surface area contributed by atoms with Gasteiger partial charge in [-0.2, -0.15) is 0 Å². The van der Waals surface area contributed by atoms with E-state index in [0.29, 0.717) is 12.6 Å². The zero-order valence-electron chi connectivity index (χ0n) is 8.66.